The van der Waals surface area contributed by atoms with Crippen LogP contribution in [0.3, 0.4) is 0 Å². The summed E-state index contributed by atoms with van der Waals surface area (Å²) in [7, 11) is 1.65. The van der Waals surface area contributed by atoms with Crippen LogP contribution < -0.4 is 5.73 Å². The molecule has 1 atom stereocenters. The molecule has 0 bridgehead atoms. The van der Waals surface area contributed by atoms with Crippen molar-refractivity contribution in [2.45, 2.75) is 25.3 Å². The molecule has 2 N–H and O–H groups in total. The van der Waals surface area contributed by atoms with Crippen LogP contribution in [0.5, 0.6) is 0 Å². The Balaban J connectivity index is 2.27. The Bertz CT molecular complexity index is 285. The molecule has 0 radical (unpaired) electrons. The zero-order valence-corrected chi connectivity index (χ0v) is 9.76. The Labute approximate surface area is 94.2 Å². The fraction of sp³-hybridized carbons (Fsp3) is 0.545. The highest BCUT2D eigenvalue weighted by Gasteiger charge is 2.13. The molecule has 1 aromatic rings. The Morgan fingerprint density at radius 3 is 3.07 bits per heavy atom. The number of hydrogen-bond acceptors (Lipinski definition) is 4. The van der Waals surface area contributed by atoms with Gasteiger partial charge in [-0.05, 0) is 24.3 Å². The van der Waals surface area contributed by atoms with E-state index in [0.29, 0.717) is 19.4 Å². The molecule has 84 valence electrons. The average molecular weight is 227 g/mol. The molecule has 1 unspecified atom stereocenters. The second-order valence-electron chi connectivity index (χ2n) is 3.46. The maximum absolute atomic E-state index is 11.6. The zero-order valence-electron chi connectivity index (χ0n) is 8.94. The first-order chi connectivity index (χ1) is 7.24. The molecule has 0 aliphatic rings. The van der Waals surface area contributed by atoms with E-state index in [2.05, 4.69) is 0 Å². The van der Waals surface area contributed by atoms with Crippen molar-refractivity contribution in [1.29, 1.82) is 0 Å². The zero-order chi connectivity index (χ0) is 11.1. The SMILES string of the molecule is COCCCC(N)C(=O)Cc1cccs1. The van der Waals surface area contributed by atoms with Crippen molar-refractivity contribution in [2.24, 2.45) is 5.73 Å². The summed E-state index contributed by atoms with van der Waals surface area (Å²) in [6.45, 7) is 0.667. The molecule has 1 rings (SSSR count). The average Bonchev–Trinajstić information content (AvgIpc) is 2.70. The molecule has 0 saturated carbocycles. The molecular weight excluding hydrogens is 210 g/mol. The summed E-state index contributed by atoms with van der Waals surface area (Å²) < 4.78 is 4.91. The fourth-order valence-corrected chi connectivity index (χ4v) is 2.04. The van der Waals surface area contributed by atoms with Crippen molar-refractivity contribution in [1.82, 2.24) is 0 Å². The van der Waals surface area contributed by atoms with Gasteiger partial charge in [0.2, 0.25) is 0 Å². The monoisotopic (exact) mass is 227 g/mol. The number of thiophene rings is 1. The van der Waals surface area contributed by atoms with Crippen molar-refractivity contribution in [2.75, 3.05) is 13.7 Å². The molecule has 4 heteroatoms. The topological polar surface area (TPSA) is 52.3 Å². The van der Waals surface area contributed by atoms with Crippen LogP contribution in [-0.4, -0.2) is 25.5 Å². The van der Waals surface area contributed by atoms with E-state index in [-0.39, 0.29) is 11.8 Å². The van der Waals surface area contributed by atoms with Crippen LogP contribution >= 0.6 is 11.3 Å². The summed E-state index contributed by atoms with van der Waals surface area (Å²) in [4.78, 5) is 12.7. The molecule has 0 aromatic carbocycles. The van der Waals surface area contributed by atoms with Gasteiger partial charge in [0.1, 0.15) is 0 Å². The second kappa shape index (κ2) is 6.71. The van der Waals surface area contributed by atoms with Crippen molar-refractivity contribution in [3.63, 3.8) is 0 Å². The number of nitrogens with two attached hydrogens (primary N) is 1. The van der Waals surface area contributed by atoms with E-state index < -0.39 is 0 Å². The van der Waals surface area contributed by atoms with Gasteiger partial charge in [0.25, 0.3) is 0 Å². The van der Waals surface area contributed by atoms with Crippen molar-refractivity contribution in [3.05, 3.63) is 22.4 Å². The lowest BCUT2D eigenvalue weighted by Crippen LogP contribution is -2.31. The molecular formula is C11H17NO2S. The van der Waals surface area contributed by atoms with Crippen LogP contribution in [-0.2, 0) is 16.0 Å². The molecule has 1 heterocycles. The highest BCUT2D eigenvalue weighted by molar-refractivity contribution is 7.10. The first kappa shape index (κ1) is 12.4. The molecule has 0 spiro atoms. The van der Waals surface area contributed by atoms with Gasteiger partial charge in [-0.2, -0.15) is 0 Å². The fourth-order valence-electron chi connectivity index (χ4n) is 1.32. The third kappa shape index (κ3) is 4.55. The number of carbonyl (C=O) groups excluding carboxylic acids is 1. The highest BCUT2D eigenvalue weighted by Crippen LogP contribution is 2.11. The van der Waals surface area contributed by atoms with Gasteiger partial charge in [-0.15, -0.1) is 11.3 Å². The first-order valence-corrected chi connectivity index (χ1v) is 5.91. The van der Waals surface area contributed by atoms with E-state index in [1.165, 1.54) is 0 Å². The van der Waals surface area contributed by atoms with E-state index in [1.807, 2.05) is 17.5 Å². The summed E-state index contributed by atoms with van der Waals surface area (Å²) in [6, 6.07) is 3.57. The van der Waals surface area contributed by atoms with E-state index >= 15 is 0 Å². The predicted octanol–water partition coefficient (Wildman–Crippen LogP) is 1.61. The van der Waals surface area contributed by atoms with Crippen LogP contribution in [0.1, 0.15) is 17.7 Å². The van der Waals surface area contributed by atoms with Crippen LogP contribution in [0.4, 0.5) is 0 Å². The first-order valence-electron chi connectivity index (χ1n) is 5.03. The largest absolute Gasteiger partial charge is 0.385 e. The Morgan fingerprint density at radius 2 is 2.47 bits per heavy atom. The lowest BCUT2D eigenvalue weighted by Gasteiger charge is -2.09. The van der Waals surface area contributed by atoms with E-state index in [9.17, 15) is 4.79 Å². The summed E-state index contributed by atoms with van der Waals surface area (Å²) in [5.74, 6) is 0.119. The van der Waals surface area contributed by atoms with Gasteiger partial charge in [0.05, 0.1) is 6.04 Å². The van der Waals surface area contributed by atoms with E-state index in [4.69, 9.17) is 10.5 Å². The van der Waals surface area contributed by atoms with Gasteiger partial charge in [-0.1, -0.05) is 6.07 Å². The summed E-state index contributed by atoms with van der Waals surface area (Å²) in [5, 5.41) is 1.97. The van der Waals surface area contributed by atoms with Crippen molar-refractivity contribution in [3.8, 4) is 0 Å². The van der Waals surface area contributed by atoms with Gasteiger partial charge in [-0.3, -0.25) is 4.79 Å². The van der Waals surface area contributed by atoms with Crippen molar-refractivity contribution < 1.29 is 9.53 Å². The quantitative estimate of drug-likeness (QED) is 0.720. The Kier molecular flexibility index (Phi) is 5.53. The maximum atomic E-state index is 11.6. The molecule has 15 heavy (non-hydrogen) atoms. The van der Waals surface area contributed by atoms with Crippen LogP contribution in [0, 0.1) is 0 Å². The van der Waals surface area contributed by atoms with Gasteiger partial charge < -0.3 is 10.5 Å². The lowest BCUT2D eigenvalue weighted by molar-refractivity contribution is -0.119. The normalized spacial score (nSPS) is 12.7. The van der Waals surface area contributed by atoms with Crippen LogP contribution in [0.15, 0.2) is 17.5 Å². The molecule has 1 aromatic heterocycles. The number of rotatable bonds is 7. The minimum Gasteiger partial charge on any atom is -0.385 e. The minimum absolute atomic E-state index is 0.119. The number of Topliss-reactive ketones (excluding diaryl/α,β-unsaturated/α-hetero) is 1. The van der Waals surface area contributed by atoms with E-state index in [0.717, 1.165) is 11.3 Å². The predicted molar refractivity (Wildman–Crippen MR) is 62.1 cm³/mol. The third-order valence-corrected chi connectivity index (χ3v) is 3.08. The molecule has 3 nitrogen and oxygen atoms in total. The third-order valence-electron chi connectivity index (χ3n) is 2.21. The van der Waals surface area contributed by atoms with Crippen molar-refractivity contribution >= 4 is 17.1 Å². The van der Waals surface area contributed by atoms with E-state index in [1.54, 1.807) is 18.4 Å². The molecule has 0 saturated heterocycles. The molecule has 0 fully saturated rings. The summed E-state index contributed by atoms with van der Waals surface area (Å²) in [6.07, 6.45) is 2.01. The standard InChI is InChI=1S/C11H17NO2S/c1-14-6-2-5-10(12)11(13)8-9-4-3-7-15-9/h3-4,7,10H,2,5-6,8,12H2,1H3. The van der Waals surface area contributed by atoms with Gasteiger partial charge >= 0.3 is 0 Å². The molecule has 0 amide bonds. The number of carbonyl (C=O) groups is 1. The summed E-state index contributed by atoms with van der Waals surface area (Å²) >= 11 is 1.60. The molecule has 0 aliphatic heterocycles. The number of ketones is 1. The highest BCUT2D eigenvalue weighted by atomic mass is 32.1. The maximum Gasteiger partial charge on any atom is 0.154 e. The lowest BCUT2D eigenvalue weighted by atomic mass is 10.1. The van der Waals surface area contributed by atoms with Gasteiger partial charge in [-0.25, -0.2) is 0 Å². The molecule has 0 aliphatic carbocycles. The summed E-state index contributed by atoms with van der Waals surface area (Å²) in [5.41, 5.74) is 5.77. The van der Waals surface area contributed by atoms with Gasteiger partial charge in [0, 0.05) is 25.0 Å². The Hall–Kier alpha value is -0.710. The minimum atomic E-state index is -0.345. The van der Waals surface area contributed by atoms with Crippen LogP contribution in [0.2, 0.25) is 0 Å². The van der Waals surface area contributed by atoms with Gasteiger partial charge in [0.15, 0.2) is 5.78 Å². The number of methoxy groups -OCH3 is 1. The Morgan fingerprint density at radius 1 is 1.67 bits per heavy atom. The smallest absolute Gasteiger partial charge is 0.154 e. The van der Waals surface area contributed by atoms with Crippen LogP contribution in [0.25, 0.3) is 0 Å². The second-order valence-corrected chi connectivity index (χ2v) is 4.50. The number of ether oxygens (including phenoxy) is 1. The number of hydrogen-bond donors (Lipinski definition) is 1.